The van der Waals surface area contributed by atoms with Gasteiger partial charge < -0.3 is 14.8 Å². The van der Waals surface area contributed by atoms with Gasteiger partial charge in [0.1, 0.15) is 0 Å². The van der Waals surface area contributed by atoms with Crippen molar-refractivity contribution in [3.8, 4) is 0 Å². The first-order valence-electron chi connectivity index (χ1n) is 11.6. The second-order valence-electron chi connectivity index (χ2n) is 8.83. The number of hydrogen-bond donors (Lipinski definition) is 2. The zero-order valence-corrected chi connectivity index (χ0v) is 20.3. The van der Waals surface area contributed by atoms with E-state index in [1.165, 1.54) is 0 Å². The highest BCUT2D eigenvalue weighted by atomic mass is 31.2. The van der Waals surface area contributed by atoms with E-state index in [4.69, 9.17) is 0 Å². The molecule has 0 aliphatic carbocycles. The van der Waals surface area contributed by atoms with Crippen molar-refractivity contribution in [3.63, 3.8) is 0 Å². The summed E-state index contributed by atoms with van der Waals surface area (Å²) in [5.41, 5.74) is 1.82. The molecule has 0 aliphatic heterocycles. The molecule has 0 unspecified atom stereocenters. The first-order valence-corrected chi connectivity index (χ1v) is 13.4. The quantitative estimate of drug-likeness (QED) is 0.328. The molecule has 0 aromatic heterocycles. The van der Waals surface area contributed by atoms with Gasteiger partial charge in [0.05, 0.1) is 17.4 Å². The van der Waals surface area contributed by atoms with Crippen molar-refractivity contribution in [1.82, 2.24) is 0 Å². The van der Waals surface area contributed by atoms with Gasteiger partial charge in [0.25, 0.3) is 0 Å². The second-order valence-corrected chi connectivity index (χ2v) is 12.0. The Morgan fingerprint density at radius 2 is 1.09 bits per heavy atom. The minimum Gasteiger partial charge on any atom is -0.390 e. The van der Waals surface area contributed by atoms with E-state index in [2.05, 4.69) is 0 Å². The van der Waals surface area contributed by atoms with Crippen LogP contribution in [0.4, 0.5) is 0 Å². The maximum Gasteiger partial charge on any atom is 0.155 e. The average molecular weight is 471 g/mol. The zero-order valence-electron chi connectivity index (χ0n) is 19.4. The summed E-state index contributed by atoms with van der Waals surface area (Å²) in [7, 11) is -3.48. The minimum absolute atomic E-state index is 0.358. The van der Waals surface area contributed by atoms with Crippen LogP contribution >= 0.6 is 7.14 Å². The number of aryl methyl sites for hydroxylation is 1. The largest absolute Gasteiger partial charge is 0.390 e. The molecule has 0 saturated heterocycles. The van der Waals surface area contributed by atoms with Gasteiger partial charge in [-0.2, -0.15) is 0 Å². The van der Waals surface area contributed by atoms with Crippen LogP contribution in [-0.4, -0.2) is 22.4 Å². The lowest BCUT2D eigenvalue weighted by Crippen LogP contribution is -2.48. The Balaban J connectivity index is 1.84. The molecule has 174 valence electrons. The van der Waals surface area contributed by atoms with Gasteiger partial charge >= 0.3 is 0 Å². The van der Waals surface area contributed by atoms with E-state index in [0.29, 0.717) is 23.5 Å². The standard InChI is InChI=1S/C30H31O3P/c1-30(25-16-8-3-9-17-25,29(32)28(31)23-22-24-14-6-2-7-15-24)34(33,26-18-10-4-11-19-26)27-20-12-5-13-21-27/h2-21,28-29,31-32H,22-23H2,1H3/t28-,29+,30+/m1/s1. The van der Waals surface area contributed by atoms with Crippen molar-refractivity contribution in [2.45, 2.75) is 37.1 Å². The summed E-state index contributed by atoms with van der Waals surface area (Å²) >= 11 is 0. The first kappa shape index (κ1) is 24.2. The van der Waals surface area contributed by atoms with Crippen LogP contribution < -0.4 is 10.6 Å². The second kappa shape index (κ2) is 10.5. The maximum absolute atomic E-state index is 15.4. The lowest BCUT2D eigenvalue weighted by Gasteiger charge is -2.44. The van der Waals surface area contributed by atoms with Crippen molar-refractivity contribution in [2.75, 3.05) is 0 Å². The highest BCUT2D eigenvalue weighted by Crippen LogP contribution is 2.63. The third-order valence-corrected chi connectivity index (χ3v) is 10.6. The Kier molecular flexibility index (Phi) is 7.48. The third-order valence-electron chi connectivity index (χ3n) is 6.76. The normalized spacial score (nSPS) is 15.3. The van der Waals surface area contributed by atoms with Gasteiger partial charge in [-0.3, -0.25) is 0 Å². The van der Waals surface area contributed by atoms with Crippen molar-refractivity contribution in [3.05, 3.63) is 132 Å². The predicted molar refractivity (Wildman–Crippen MR) is 140 cm³/mol. The van der Waals surface area contributed by atoms with Gasteiger partial charge in [0.2, 0.25) is 0 Å². The van der Waals surface area contributed by atoms with E-state index in [1.807, 2.05) is 128 Å². The van der Waals surface area contributed by atoms with Crippen LogP contribution in [0.1, 0.15) is 24.5 Å². The third kappa shape index (κ3) is 4.52. The van der Waals surface area contributed by atoms with E-state index >= 15 is 4.57 Å². The lowest BCUT2D eigenvalue weighted by atomic mass is 9.88. The Morgan fingerprint density at radius 1 is 0.676 bits per heavy atom. The van der Waals surface area contributed by atoms with E-state index in [-0.39, 0.29) is 0 Å². The molecule has 4 rings (SSSR count). The van der Waals surface area contributed by atoms with Crippen LogP contribution in [0.15, 0.2) is 121 Å². The molecule has 0 bridgehead atoms. The molecule has 0 radical (unpaired) electrons. The molecular weight excluding hydrogens is 439 g/mol. The average Bonchev–Trinajstić information content (AvgIpc) is 2.92. The minimum atomic E-state index is -3.48. The molecule has 0 spiro atoms. The van der Waals surface area contributed by atoms with Gasteiger partial charge in [-0.1, -0.05) is 121 Å². The molecule has 4 aromatic rings. The van der Waals surface area contributed by atoms with Crippen LogP contribution in [0.25, 0.3) is 0 Å². The van der Waals surface area contributed by atoms with Crippen LogP contribution in [-0.2, 0) is 16.1 Å². The molecule has 0 amide bonds. The fourth-order valence-corrected chi connectivity index (χ4v) is 8.38. The Hall–Kier alpha value is -2.97. The molecule has 0 aliphatic rings. The summed E-state index contributed by atoms with van der Waals surface area (Å²) < 4.78 is 15.4. The summed E-state index contributed by atoms with van der Waals surface area (Å²) in [6, 6.07) is 38.1. The smallest absolute Gasteiger partial charge is 0.155 e. The fourth-order valence-electron chi connectivity index (χ4n) is 4.77. The van der Waals surface area contributed by atoms with Gasteiger partial charge in [-0.15, -0.1) is 0 Å². The topological polar surface area (TPSA) is 57.5 Å². The van der Waals surface area contributed by atoms with Crippen LogP contribution in [0.3, 0.4) is 0 Å². The Morgan fingerprint density at radius 3 is 1.56 bits per heavy atom. The maximum atomic E-state index is 15.4. The molecule has 34 heavy (non-hydrogen) atoms. The summed E-state index contributed by atoms with van der Waals surface area (Å²) in [6.07, 6.45) is -1.35. The number of aliphatic hydroxyl groups excluding tert-OH is 2. The molecule has 2 N–H and O–H groups in total. The number of hydrogen-bond acceptors (Lipinski definition) is 3. The first-order chi connectivity index (χ1) is 16.5. The van der Waals surface area contributed by atoms with Gasteiger partial charge in [0.15, 0.2) is 7.14 Å². The Labute approximate surface area is 202 Å². The van der Waals surface area contributed by atoms with Crippen molar-refractivity contribution in [1.29, 1.82) is 0 Å². The predicted octanol–water partition coefficient (Wildman–Crippen LogP) is 5.27. The molecule has 0 saturated carbocycles. The van der Waals surface area contributed by atoms with Gasteiger partial charge in [-0.05, 0) is 30.9 Å². The number of rotatable bonds is 9. The summed E-state index contributed by atoms with van der Waals surface area (Å²) in [5, 5.41) is 23.1. The van der Waals surface area contributed by atoms with Gasteiger partial charge in [0, 0.05) is 10.6 Å². The zero-order chi connectivity index (χ0) is 24.0. The summed E-state index contributed by atoms with van der Waals surface area (Å²) in [6.45, 7) is 1.83. The molecule has 0 fully saturated rings. The number of aliphatic hydroxyl groups is 2. The highest BCUT2D eigenvalue weighted by Gasteiger charge is 2.54. The lowest BCUT2D eigenvalue weighted by molar-refractivity contribution is -0.00903. The fraction of sp³-hybridized carbons (Fsp3) is 0.200. The molecule has 4 aromatic carbocycles. The van der Waals surface area contributed by atoms with Crippen LogP contribution in [0.5, 0.6) is 0 Å². The van der Waals surface area contributed by atoms with Crippen molar-refractivity contribution >= 4 is 17.8 Å². The summed E-state index contributed by atoms with van der Waals surface area (Å²) in [5.74, 6) is 0. The van der Waals surface area contributed by atoms with E-state index in [0.717, 1.165) is 11.1 Å². The van der Waals surface area contributed by atoms with E-state index in [1.54, 1.807) is 0 Å². The monoisotopic (exact) mass is 470 g/mol. The molecule has 3 nitrogen and oxygen atoms in total. The highest BCUT2D eigenvalue weighted by molar-refractivity contribution is 7.79. The number of benzene rings is 4. The SMILES string of the molecule is C[C@](c1ccccc1)([C@@H](O)[C@H](O)CCc1ccccc1)P(=O)(c1ccccc1)c1ccccc1. The summed E-state index contributed by atoms with van der Waals surface area (Å²) in [4.78, 5) is 0. The Bertz CT molecular complexity index is 1170. The van der Waals surface area contributed by atoms with E-state index in [9.17, 15) is 10.2 Å². The van der Waals surface area contributed by atoms with Gasteiger partial charge in [-0.25, -0.2) is 0 Å². The van der Waals surface area contributed by atoms with Crippen LogP contribution in [0.2, 0.25) is 0 Å². The molecule has 0 heterocycles. The van der Waals surface area contributed by atoms with Crippen molar-refractivity contribution in [2.24, 2.45) is 0 Å². The molecule has 4 heteroatoms. The van der Waals surface area contributed by atoms with E-state index < -0.39 is 24.5 Å². The molecular formula is C30H31O3P. The van der Waals surface area contributed by atoms with Crippen LogP contribution in [0, 0.1) is 0 Å². The van der Waals surface area contributed by atoms with Crippen molar-refractivity contribution < 1.29 is 14.8 Å². The molecule has 3 atom stereocenters.